The van der Waals surface area contributed by atoms with Crippen LogP contribution in [-0.4, -0.2) is 44.8 Å². The third-order valence-electron chi connectivity index (χ3n) is 3.09. The molecule has 2 amide bonds. The average molecular weight is 212 g/mol. The molecule has 15 heavy (non-hydrogen) atoms. The van der Waals surface area contributed by atoms with Crippen LogP contribution in [0, 0.1) is 5.92 Å². The number of hydrogen-bond acceptors (Lipinski definition) is 3. The van der Waals surface area contributed by atoms with Gasteiger partial charge < -0.3 is 21.3 Å². The maximum atomic E-state index is 11.5. The van der Waals surface area contributed by atoms with Crippen molar-refractivity contribution in [2.24, 2.45) is 5.92 Å². The van der Waals surface area contributed by atoms with Gasteiger partial charge in [0.2, 0.25) is 0 Å². The van der Waals surface area contributed by atoms with E-state index in [0.717, 1.165) is 45.6 Å². The van der Waals surface area contributed by atoms with Crippen LogP contribution in [0.4, 0.5) is 4.79 Å². The minimum Gasteiger partial charge on any atom is -0.338 e. The summed E-state index contributed by atoms with van der Waals surface area (Å²) in [4.78, 5) is 11.5. The summed E-state index contributed by atoms with van der Waals surface area (Å²) in [5, 5.41) is 12.4. The predicted octanol–water partition coefficient (Wildman–Crippen LogP) is -0.743. The second kappa shape index (κ2) is 5.32. The summed E-state index contributed by atoms with van der Waals surface area (Å²) in [5.41, 5.74) is 0. The first-order valence-electron chi connectivity index (χ1n) is 5.80. The molecule has 0 saturated carbocycles. The van der Waals surface area contributed by atoms with Crippen molar-refractivity contribution in [3.05, 3.63) is 0 Å². The monoisotopic (exact) mass is 212 g/mol. The quantitative estimate of drug-likeness (QED) is 0.498. The highest BCUT2D eigenvalue weighted by molar-refractivity contribution is 5.74. The topological polar surface area (TPSA) is 65.2 Å². The molecule has 0 aromatic carbocycles. The second-order valence-corrected chi connectivity index (χ2v) is 4.40. The summed E-state index contributed by atoms with van der Waals surface area (Å²) in [6.07, 6.45) is 2.08. The first-order valence-corrected chi connectivity index (χ1v) is 5.80. The lowest BCUT2D eigenvalue weighted by atomic mass is 10.0. The van der Waals surface area contributed by atoms with Crippen LogP contribution in [0.15, 0.2) is 0 Å². The van der Waals surface area contributed by atoms with Gasteiger partial charge in [-0.1, -0.05) is 0 Å². The predicted molar refractivity (Wildman–Crippen MR) is 58.8 cm³/mol. The first kappa shape index (κ1) is 10.7. The van der Waals surface area contributed by atoms with E-state index >= 15 is 0 Å². The summed E-state index contributed by atoms with van der Waals surface area (Å²) in [6, 6.07) is 0.347. The Kier molecular flexibility index (Phi) is 3.80. The lowest BCUT2D eigenvalue weighted by molar-refractivity contribution is 0.228. The third-order valence-corrected chi connectivity index (χ3v) is 3.09. The lowest BCUT2D eigenvalue weighted by Crippen LogP contribution is -2.52. The van der Waals surface area contributed by atoms with Crippen LogP contribution >= 0.6 is 0 Å². The molecule has 0 bridgehead atoms. The van der Waals surface area contributed by atoms with Crippen LogP contribution in [-0.2, 0) is 0 Å². The Morgan fingerprint density at radius 3 is 2.53 bits per heavy atom. The molecule has 4 N–H and O–H groups in total. The molecule has 0 unspecified atom stereocenters. The summed E-state index contributed by atoms with van der Waals surface area (Å²) in [5.74, 6) is 0.628. The Balaban J connectivity index is 1.58. The van der Waals surface area contributed by atoms with Gasteiger partial charge in [-0.25, -0.2) is 4.79 Å². The van der Waals surface area contributed by atoms with E-state index in [9.17, 15) is 4.79 Å². The molecule has 2 aliphatic rings. The standard InChI is InChI=1S/C10H20N4O/c15-10(13-7-8-5-12-6-8)14-9-1-3-11-4-2-9/h8-9,11-12H,1-7H2,(H2,13,14,15). The Hall–Kier alpha value is -0.810. The summed E-state index contributed by atoms with van der Waals surface area (Å²) in [6.45, 7) is 4.89. The third kappa shape index (κ3) is 3.35. The van der Waals surface area contributed by atoms with Crippen LogP contribution in [0.25, 0.3) is 0 Å². The van der Waals surface area contributed by atoms with Gasteiger partial charge in [-0.3, -0.25) is 0 Å². The van der Waals surface area contributed by atoms with Crippen LogP contribution in [0.2, 0.25) is 0 Å². The number of nitrogens with one attached hydrogen (secondary N) is 4. The zero-order valence-electron chi connectivity index (χ0n) is 9.01. The zero-order valence-corrected chi connectivity index (χ0v) is 9.01. The van der Waals surface area contributed by atoms with E-state index in [1.54, 1.807) is 0 Å². The molecule has 2 heterocycles. The number of amides is 2. The number of urea groups is 1. The van der Waals surface area contributed by atoms with Crippen molar-refractivity contribution in [3.8, 4) is 0 Å². The summed E-state index contributed by atoms with van der Waals surface area (Å²) < 4.78 is 0. The van der Waals surface area contributed by atoms with E-state index < -0.39 is 0 Å². The van der Waals surface area contributed by atoms with Gasteiger partial charge >= 0.3 is 6.03 Å². The number of piperidine rings is 1. The molecule has 5 heteroatoms. The smallest absolute Gasteiger partial charge is 0.315 e. The van der Waals surface area contributed by atoms with Crippen molar-refractivity contribution >= 4 is 6.03 Å². The molecule has 2 aliphatic heterocycles. The van der Waals surface area contributed by atoms with Gasteiger partial charge in [0.05, 0.1) is 0 Å². The van der Waals surface area contributed by atoms with Crippen LogP contribution in [0.3, 0.4) is 0 Å². The van der Waals surface area contributed by atoms with Gasteiger partial charge in [0, 0.05) is 31.6 Å². The lowest BCUT2D eigenvalue weighted by Gasteiger charge is -2.28. The first-order chi connectivity index (χ1) is 7.34. The highest BCUT2D eigenvalue weighted by Gasteiger charge is 2.19. The van der Waals surface area contributed by atoms with Gasteiger partial charge in [-0.05, 0) is 25.9 Å². The highest BCUT2D eigenvalue weighted by Crippen LogP contribution is 2.02. The molecular formula is C10H20N4O. The van der Waals surface area contributed by atoms with Crippen LogP contribution < -0.4 is 21.3 Å². The number of carbonyl (C=O) groups is 1. The Bertz CT molecular complexity index is 211. The molecule has 5 nitrogen and oxygen atoms in total. The maximum Gasteiger partial charge on any atom is 0.315 e. The van der Waals surface area contributed by atoms with Gasteiger partial charge in [0.1, 0.15) is 0 Å². The van der Waals surface area contributed by atoms with Gasteiger partial charge in [0.15, 0.2) is 0 Å². The Labute approximate surface area is 90.4 Å². The fourth-order valence-electron chi connectivity index (χ4n) is 1.93. The van der Waals surface area contributed by atoms with Crippen molar-refractivity contribution in [2.75, 3.05) is 32.7 Å². The largest absolute Gasteiger partial charge is 0.338 e. The normalized spacial score (nSPS) is 23.2. The van der Waals surface area contributed by atoms with Crippen LogP contribution in [0.1, 0.15) is 12.8 Å². The molecule has 0 aromatic rings. The molecule has 0 spiro atoms. The molecule has 2 fully saturated rings. The molecule has 86 valence electrons. The fourth-order valence-corrected chi connectivity index (χ4v) is 1.93. The number of carbonyl (C=O) groups excluding carboxylic acids is 1. The number of rotatable bonds is 3. The molecule has 0 atom stereocenters. The Morgan fingerprint density at radius 1 is 1.20 bits per heavy atom. The van der Waals surface area contributed by atoms with Gasteiger partial charge in [-0.15, -0.1) is 0 Å². The van der Waals surface area contributed by atoms with E-state index in [2.05, 4.69) is 21.3 Å². The minimum atomic E-state index is -0.00574. The van der Waals surface area contributed by atoms with E-state index in [-0.39, 0.29) is 6.03 Å². The minimum absolute atomic E-state index is 0.00574. The SMILES string of the molecule is O=C(NCC1CNC1)NC1CCNCC1. The molecule has 0 radical (unpaired) electrons. The van der Waals surface area contributed by atoms with E-state index in [0.29, 0.717) is 12.0 Å². The van der Waals surface area contributed by atoms with Crippen molar-refractivity contribution in [2.45, 2.75) is 18.9 Å². The van der Waals surface area contributed by atoms with Gasteiger partial charge in [0.25, 0.3) is 0 Å². The van der Waals surface area contributed by atoms with Crippen molar-refractivity contribution in [3.63, 3.8) is 0 Å². The Morgan fingerprint density at radius 2 is 1.93 bits per heavy atom. The van der Waals surface area contributed by atoms with E-state index in [4.69, 9.17) is 0 Å². The summed E-state index contributed by atoms with van der Waals surface area (Å²) in [7, 11) is 0. The molecule has 0 aromatic heterocycles. The van der Waals surface area contributed by atoms with Crippen molar-refractivity contribution < 1.29 is 4.79 Å². The summed E-state index contributed by atoms with van der Waals surface area (Å²) >= 11 is 0. The second-order valence-electron chi connectivity index (χ2n) is 4.40. The maximum absolute atomic E-state index is 11.5. The van der Waals surface area contributed by atoms with Gasteiger partial charge in [-0.2, -0.15) is 0 Å². The van der Waals surface area contributed by atoms with Crippen LogP contribution in [0.5, 0.6) is 0 Å². The molecular weight excluding hydrogens is 192 g/mol. The highest BCUT2D eigenvalue weighted by atomic mass is 16.2. The zero-order chi connectivity index (χ0) is 10.5. The average Bonchev–Trinajstić information content (AvgIpc) is 2.17. The fraction of sp³-hybridized carbons (Fsp3) is 0.900. The van der Waals surface area contributed by atoms with E-state index in [1.807, 2.05) is 0 Å². The van der Waals surface area contributed by atoms with Crippen molar-refractivity contribution in [1.82, 2.24) is 21.3 Å². The van der Waals surface area contributed by atoms with Crippen molar-refractivity contribution in [1.29, 1.82) is 0 Å². The number of hydrogen-bond donors (Lipinski definition) is 4. The molecule has 2 rings (SSSR count). The van der Waals surface area contributed by atoms with E-state index in [1.165, 1.54) is 0 Å². The molecule has 2 saturated heterocycles. The molecule has 0 aliphatic carbocycles.